The zero-order chi connectivity index (χ0) is 14.9. The van der Waals surface area contributed by atoms with E-state index in [0.717, 1.165) is 26.7 Å². The summed E-state index contributed by atoms with van der Waals surface area (Å²) in [6.07, 6.45) is 0. The van der Waals surface area contributed by atoms with Crippen molar-refractivity contribution in [2.45, 2.75) is 0 Å². The number of para-hydroxylation sites is 2. The number of hydrogen-bond acceptors (Lipinski definition) is 6. The van der Waals surface area contributed by atoms with Gasteiger partial charge in [-0.2, -0.15) is 0 Å². The highest BCUT2D eigenvalue weighted by atomic mass is 35.5. The van der Waals surface area contributed by atoms with Crippen LogP contribution in [0.2, 0.25) is 5.15 Å². The molecule has 1 aromatic carbocycles. The normalized spacial score (nSPS) is 11.0. The third-order valence-corrected chi connectivity index (χ3v) is 4.94. The standard InChI is InChI=1S/C15H9ClN4S2/c16-13-14(18-10-5-2-1-4-9(10)17-13)20-15-19-11(8-22-15)12-6-3-7-21-12/h1-8H,(H,18,19,20). The summed E-state index contributed by atoms with van der Waals surface area (Å²) in [4.78, 5) is 14.6. The maximum absolute atomic E-state index is 6.20. The van der Waals surface area contributed by atoms with Gasteiger partial charge < -0.3 is 5.32 Å². The molecular formula is C15H9ClN4S2. The Hall–Kier alpha value is -2.02. The Kier molecular flexibility index (Phi) is 3.49. The number of benzene rings is 1. The molecule has 7 heteroatoms. The maximum atomic E-state index is 6.20. The lowest BCUT2D eigenvalue weighted by atomic mass is 10.3. The minimum Gasteiger partial charge on any atom is -0.314 e. The van der Waals surface area contributed by atoms with Crippen LogP contribution in [0.3, 0.4) is 0 Å². The van der Waals surface area contributed by atoms with E-state index in [9.17, 15) is 0 Å². The van der Waals surface area contributed by atoms with Crippen LogP contribution < -0.4 is 5.32 Å². The van der Waals surface area contributed by atoms with E-state index in [2.05, 4.69) is 20.3 Å². The largest absolute Gasteiger partial charge is 0.314 e. The predicted octanol–water partition coefficient (Wildman–Crippen LogP) is 5.21. The van der Waals surface area contributed by atoms with Crippen LogP contribution in [0.25, 0.3) is 21.6 Å². The van der Waals surface area contributed by atoms with Gasteiger partial charge in [0.1, 0.15) is 0 Å². The minimum absolute atomic E-state index is 0.339. The Bertz CT molecular complexity index is 934. The average molecular weight is 345 g/mol. The van der Waals surface area contributed by atoms with Gasteiger partial charge in [-0.25, -0.2) is 15.0 Å². The van der Waals surface area contributed by atoms with Gasteiger partial charge in [0.25, 0.3) is 0 Å². The Morgan fingerprint density at radius 3 is 2.50 bits per heavy atom. The quantitative estimate of drug-likeness (QED) is 0.554. The Morgan fingerprint density at radius 1 is 0.909 bits per heavy atom. The van der Waals surface area contributed by atoms with E-state index in [0.29, 0.717) is 11.0 Å². The van der Waals surface area contributed by atoms with Gasteiger partial charge in [0.2, 0.25) is 0 Å². The van der Waals surface area contributed by atoms with Gasteiger partial charge >= 0.3 is 0 Å². The molecular weight excluding hydrogens is 336 g/mol. The molecule has 3 aromatic heterocycles. The van der Waals surface area contributed by atoms with E-state index in [-0.39, 0.29) is 0 Å². The van der Waals surface area contributed by atoms with Crippen LogP contribution in [0.1, 0.15) is 0 Å². The molecule has 4 nitrogen and oxygen atoms in total. The molecule has 0 radical (unpaired) electrons. The van der Waals surface area contributed by atoms with Crippen LogP contribution in [0.4, 0.5) is 10.9 Å². The van der Waals surface area contributed by atoms with Crippen molar-refractivity contribution in [2.24, 2.45) is 0 Å². The van der Waals surface area contributed by atoms with Gasteiger partial charge in [-0.15, -0.1) is 22.7 Å². The van der Waals surface area contributed by atoms with Gasteiger partial charge in [-0.1, -0.05) is 29.8 Å². The molecule has 4 aromatic rings. The van der Waals surface area contributed by atoms with E-state index >= 15 is 0 Å². The molecule has 0 saturated heterocycles. The fourth-order valence-corrected chi connectivity index (χ4v) is 3.68. The van der Waals surface area contributed by atoms with Gasteiger partial charge in [0.15, 0.2) is 16.1 Å². The van der Waals surface area contributed by atoms with Gasteiger partial charge in [0, 0.05) is 5.38 Å². The molecule has 22 heavy (non-hydrogen) atoms. The summed E-state index contributed by atoms with van der Waals surface area (Å²) in [6.45, 7) is 0. The number of nitrogens with one attached hydrogen (secondary N) is 1. The number of hydrogen-bond donors (Lipinski definition) is 1. The smallest absolute Gasteiger partial charge is 0.188 e. The molecule has 0 aliphatic carbocycles. The summed E-state index contributed by atoms with van der Waals surface area (Å²) in [5, 5.41) is 8.28. The molecule has 0 saturated carbocycles. The number of anilines is 2. The summed E-state index contributed by atoms with van der Waals surface area (Å²) in [6, 6.07) is 11.7. The second-order valence-corrected chi connectivity index (χ2v) is 6.66. The van der Waals surface area contributed by atoms with E-state index in [1.807, 2.05) is 47.2 Å². The van der Waals surface area contributed by atoms with Gasteiger partial charge in [-0.3, -0.25) is 0 Å². The van der Waals surface area contributed by atoms with E-state index < -0.39 is 0 Å². The molecule has 1 N–H and O–H groups in total. The number of fused-ring (bicyclic) bond motifs is 1. The van der Waals surface area contributed by atoms with E-state index in [1.165, 1.54) is 11.3 Å². The van der Waals surface area contributed by atoms with Crippen LogP contribution in [-0.4, -0.2) is 15.0 Å². The molecule has 108 valence electrons. The zero-order valence-electron chi connectivity index (χ0n) is 11.2. The summed E-state index contributed by atoms with van der Waals surface area (Å²) in [5.74, 6) is 0.521. The van der Waals surface area contributed by atoms with Crippen molar-refractivity contribution in [3.05, 3.63) is 52.3 Å². The van der Waals surface area contributed by atoms with Crippen LogP contribution in [0.5, 0.6) is 0 Å². The number of aromatic nitrogens is 3. The first-order valence-corrected chi connectivity index (χ1v) is 8.62. The molecule has 0 unspecified atom stereocenters. The van der Waals surface area contributed by atoms with Crippen LogP contribution in [0.15, 0.2) is 47.2 Å². The first kappa shape index (κ1) is 13.6. The zero-order valence-corrected chi connectivity index (χ0v) is 13.5. The molecule has 0 spiro atoms. The number of halogens is 1. The molecule has 4 rings (SSSR count). The lowest BCUT2D eigenvalue weighted by Gasteiger charge is -2.05. The number of rotatable bonds is 3. The third kappa shape index (κ3) is 2.56. The Balaban J connectivity index is 1.67. The fourth-order valence-electron chi connectivity index (χ4n) is 2.03. The summed E-state index contributed by atoms with van der Waals surface area (Å²) < 4.78 is 0. The minimum atomic E-state index is 0.339. The highest BCUT2D eigenvalue weighted by Gasteiger charge is 2.10. The van der Waals surface area contributed by atoms with Crippen molar-refractivity contribution in [2.75, 3.05) is 5.32 Å². The van der Waals surface area contributed by atoms with E-state index in [1.54, 1.807) is 11.3 Å². The average Bonchev–Trinajstić information content (AvgIpc) is 3.18. The van der Waals surface area contributed by atoms with Crippen molar-refractivity contribution in [1.29, 1.82) is 0 Å². The summed E-state index contributed by atoms with van der Waals surface area (Å²) >= 11 is 9.38. The Labute approximate surface area is 139 Å². The topological polar surface area (TPSA) is 50.7 Å². The highest BCUT2D eigenvalue weighted by molar-refractivity contribution is 7.16. The third-order valence-electron chi connectivity index (χ3n) is 3.03. The first-order chi connectivity index (χ1) is 10.8. The Morgan fingerprint density at radius 2 is 1.73 bits per heavy atom. The van der Waals surface area contributed by atoms with Crippen molar-refractivity contribution < 1.29 is 0 Å². The van der Waals surface area contributed by atoms with Crippen molar-refractivity contribution in [1.82, 2.24) is 15.0 Å². The van der Waals surface area contributed by atoms with Crippen molar-refractivity contribution in [3.63, 3.8) is 0 Å². The SMILES string of the molecule is Clc1nc2ccccc2nc1Nc1nc(-c2cccs2)cs1. The number of nitrogens with zero attached hydrogens (tertiary/aromatic N) is 3. The first-order valence-electron chi connectivity index (χ1n) is 6.48. The molecule has 0 bridgehead atoms. The van der Waals surface area contributed by atoms with Gasteiger partial charge in [0.05, 0.1) is 21.6 Å². The lowest BCUT2D eigenvalue weighted by Crippen LogP contribution is -1.97. The second kappa shape index (κ2) is 5.64. The predicted molar refractivity (Wildman–Crippen MR) is 93.3 cm³/mol. The van der Waals surface area contributed by atoms with Crippen molar-refractivity contribution >= 4 is 56.3 Å². The lowest BCUT2D eigenvalue weighted by molar-refractivity contribution is 1.27. The fraction of sp³-hybridized carbons (Fsp3) is 0. The molecule has 3 heterocycles. The van der Waals surface area contributed by atoms with E-state index in [4.69, 9.17) is 11.6 Å². The number of thiophene rings is 1. The van der Waals surface area contributed by atoms with Crippen LogP contribution in [0, 0.1) is 0 Å². The maximum Gasteiger partial charge on any atom is 0.188 e. The van der Waals surface area contributed by atoms with Gasteiger partial charge in [-0.05, 0) is 23.6 Å². The highest BCUT2D eigenvalue weighted by Crippen LogP contribution is 2.31. The molecule has 0 aliphatic rings. The molecule has 0 amide bonds. The van der Waals surface area contributed by atoms with Crippen molar-refractivity contribution in [3.8, 4) is 10.6 Å². The summed E-state index contributed by atoms with van der Waals surface area (Å²) in [5.41, 5.74) is 2.52. The molecule has 0 aliphatic heterocycles. The van der Waals surface area contributed by atoms with Crippen LogP contribution >= 0.6 is 34.3 Å². The molecule has 0 atom stereocenters. The second-order valence-electron chi connectivity index (χ2n) is 4.49. The monoisotopic (exact) mass is 344 g/mol. The van der Waals surface area contributed by atoms with Crippen LogP contribution in [-0.2, 0) is 0 Å². The molecule has 0 fully saturated rings. The number of thiazole rings is 1. The summed E-state index contributed by atoms with van der Waals surface area (Å²) in [7, 11) is 0.